The minimum absolute atomic E-state index is 0.261. The van der Waals surface area contributed by atoms with E-state index in [0.717, 1.165) is 38.0 Å². The normalized spacial score (nSPS) is 23.2. The van der Waals surface area contributed by atoms with Crippen LogP contribution in [-0.4, -0.2) is 24.5 Å². The molecule has 1 heterocycles. The number of rotatable bonds is 3. The van der Waals surface area contributed by atoms with Crippen LogP contribution in [0.25, 0.3) is 0 Å². The summed E-state index contributed by atoms with van der Waals surface area (Å²) in [5.41, 5.74) is 1.25. The lowest BCUT2D eigenvalue weighted by Crippen LogP contribution is -2.35. The summed E-state index contributed by atoms with van der Waals surface area (Å²) in [7, 11) is 1.68. The largest absolute Gasteiger partial charge is 0.497 e. The first-order valence-electron chi connectivity index (χ1n) is 7.74. The number of ether oxygens (including phenoxy) is 1. The molecule has 1 unspecified atom stereocenters. The van der Waals surface area contributed by atoms with Gasteiger partial charge in [-0.1, -0.05) is 25.0 Å². The Bertz CT molecular complexity index is 464. The second-order valence-electron chi connectivity index (χ2n) is 5.94. The molecule has 0 spiro atoms. The number of amides is 1. The van der Waals surface area contributed by atoms with Crippen LogP contribution in [0.1, 0.15) is 50.1 Å². The molecule has 2 aliphatic rings. The predicted octanol–water partition coefficient (Wildman–Crippen LogP) is 3.55. The Morgan fingerprint density at radius 2 is 1.85 bits per heavy atom. The summed E-state index contributed by atoms with van der Waals surface area (Å²) < 4.78 is 5.22. The summed E-state index contributed by atoms with van der Waals surface area (Å²) in [5.74, 6) is 1.57. The molecular weight excluding hydrogens is 250 g/mol. The lowest BCUT2D eigenvalue weighted by Gasteiger charge is -2.30. The highest BCUT2D eigenvalue weighted by Gasteiger charge is 2.37. The predicted molar refractivity (Wildman–Crippen MR) is 78.6 cm³/mol. The maximum atomic E-state index is 12.5. The van der Waals surface area contributed by atoms with Crippen molar-refractivity contribution in [1.82, 2.24) is 4.90 Å². The van der Waals surface area contributed by atoms with Crippen LogP contribution in [0.4, 0.5) is 0 Å². The molecule has 1 aliphatic heterocycles. The summed E-state index contributed by atoms with van der Waals surface area (Å²) >= 11 is 0. The topological polar surface area (TPSA) is 29.5 Å². The van der Waals surface area contributed by atoms with Gasteiger partial charge in [-0.15, -0.1) is 0 Å². The molecule has 0 N–H and O–H groups in total. The van der Waals surface area contributed by atoms with Crippen LogP contribution in [0.2, 0.25) is 0 Å². The molecule has 3 rings (SSSR count). The van der Waals surface area contributed by atoms with Gasteiger partial charge in [0.05, 0.1) is 13.2 Å². The number of likely N-dealkylation sites (tertiary alicyclic amines) is 1. The van der Waals surface area contributed by atoms with Crippen molar-refractivity contribution < 1.29 is 9.53 Å². The van der Waals surface area contributed by atoms with E-state index in [-0.39, 0.29) is 6.04 Å². The average Bonchev–Trinajstić information content (AvgIpc) is 3.33. The van der Waals surface area contributed by atoms with Crippen molar-refractivity contribution in [1.29, 1.82) is 0 Å². The maximum Gasteiger partial charge on any atom is 0.226 e. The Morgan fingerprint density at radius 3 is 2.50 bits per heavy atom. The van der Waals surface area contributed by atoms with Gasteiger partial charge in [-0.05, 0) is 43.4 Å². The first-order valence-corrected chi connectivity index (χ1v) is 7.74. The first kappa shape index (κ1) is 13.5. The Balaban J connectivity index is 1.82. The van der Waals surface area contributed by atoms with Crippen LogP contribution >= 0.6 is 0 Å². The van der Waals surface area contributed by atoms with E-state index in [1.54, 1.807) is 7.11 Å². The van der Waals surface area contributed by atoms with E-state index in [1.807, 2.05) is 12.1 Å². The number of hydrogen-bond acceptors (Lipinski definition) is 2. The fourth-order valence-corrected chi connectivity index (χ4v) is 3.11. The monoisotopic (exact) mass is 273 g/mol. The molecule has 1 saturated carbocycles. The number of carbonyl (C=O) groups excluding carboxylic acids is 1. The minimum Gasteiger partial charge on any atom is -0.497 e. The third-order valence-electron chi connectivity index (χ3n) is 4.46. The molecule has 0 aromatic heterocycles. The molecule has 1 atom stereocenters. The lowest BCUT2D eigenvalue weighted by atomic mass is 10.00. The molecule has 108 valence electrons. The van der Waals surface area contributed by atoms with Gasteiger partial charge in [0.25, 0.3) is 0 Å². The molecule has 2 fully saturated rings. The fourth-order valence-electron chi connectivity index (χ4n) is 3.11. The zero-order valence-corrected chi connectivity index (χ0v) is 12.2. The van der Waals surface area contributed by atoms with Crippen LogP contribution in [0.3, 0.4) is 0 Å². The van der Waals surface area contributed by atoms with Gasteiger partial charge < -0.3 is 9.64 Å². The van der Waals surface area contributed by atoms with Gasteiger partial charge >= 0.3 is 0 Å². The highest BCUT2D eigenvalue weighted by atomic mass is 16.5. The van der Waals surface area contributed by atoms with E-state index in [1.165, 1.54) is 18.4 Å². The Kier molecular flexibility index (Phi) is 3.95. The van der Waals surface area contributed by atoms with Crippen molar-refractivity contribution in [3.8, 4) is 5.75 Å². The van der Waals surface area contributed by atoms with Crippen molar-refractivity contribution in [3.63, 3.8) is 0 Å². The van der Waals surface area contributed by atoms with E-state index in [4.69, 9.17) is 4.74 Å². The van der Waals surface area contributed by atoms with Gasteiger partial charge in [0.15, 0.2) is 0 Å². The summed E-state index contributed by atoms with van der Waals surface area (Å²) in [4.78, 5) is 14.7. The van der Waals surface area contributed by atoms with E-state index < -0.39 is 0 Å². The fraction of sp³-hybridized carbons (Fsp3) is 0.588. The van der Waals surface area contributed by atoms with E-state index >= 15 is 0 Å². The van der Waals surface area contributed by atoms with Crippen LogP contribution in [0.15, 0.2) is 24.3 Å². The molecule has 0 radical (unpaired) electrons. The smallest absolute Gasteiger partial charge is 0.226 e. The average molecular weight is 273 g/mol. The zero-order valence-electron chi connectivity index (χ0n) is 12.2. The Labute approximate surface area is 120 Å². The number of nitrogens with zero attached hydrogens (tertiary/aromatic N) is 1. The molecule has 1 saturated heterocycles. The highest BCUT2D eigenvalue weighted by Crippen LogP contribution is 2.37. The van der Waals surface area contributed by atoms with Crippen molar-refractivity contribution in [2.45, 2.75) is 44.6 Å². The quantitative estimate of drug-likeness (QED) is 0.843. The number of methoxy groups -OCH3 is 1. The van der Waals surface area contributed by atoms with Gasteiger partial charge in [-0.3, -0.25) is 4.79 Å². The minimum atomic E-state index is 0.261. The van der Waals surface area contributed by atoms with Crippen LogP contribution in [-0.2, 0) is 4.79 Å². The van der Waals surface area contributed by atoms with Gasteiger partial charge in [-0.25, -0.2) is 0 Å². The Morgan fingerprint density at radius 1 is 1.10 bits per heavy atom. The molecule has 0 bridgehead atoms. The summed E-state index contributed by atoms with van der Waals surface area (Å²) in [5, 5.41) is 0. The summed E-state index contributed by atoms with van der Waals surface area (Å²) in [6.45, 7) is 0.923. The highest BCUT2D eigenvalue weighted by molar-refractivity contribution is 5.81. The van der Waals surface area contributed by atoms with Crippen molar-refractivity contribution in [2.24, 2.45) is 5.92 Å². The number of carbonyl (C=O) groups is 1. The van der Waals surface area contributed by atoms with Gasteiger partial charge in [-0.2, -0.15) is 0 Å². The summed E-state index contributed by atoms with van der Waals surface area (Å²) in [6.07, 6.45) is 6.86. The number of hydrogen-bond donors (Lipinski definition) is 0. The SMILES string of the molecule is COc1ccc(C2CCCCCN2C(=O)C2CC2)cc1. The second kappa shape index (κ2) is 5.86. The first-order chi connectivity index (χ1) is 9.79. The van der Waals surface area contributed by atoms with Crippen LogP contribution < -0.4 is 4.74 Å². The second-order valence-corrected chi connectivity index (χ2v) is 5.94. The summed E-state index contributed by atoms with van der Waals surface area (Å²) in [6, 6.07) is 8.49. The standard InChI is InChI=1S/C17H23NO2/c1-20-15-10-8-13(9-11-15)16-5-3-2-4-12-18(16)17(19)14-6-7-14/h8-11,14,16H,2-7,12H2,1H3. The maximum absolute atomic E-state index is 12.5. The molecule has 3 heteroatoms. The third-order valence-corrected chi connectivity index (χ3v) is 4.46. The van der Waals surface area contributed by atoms with E-state index in [2.05, 4.69) is 17.0 Å². The van der Waals surface area contributed by atoms with Gasteiger partial charge in [0.1, 0.15) is 5.75 Å². The van der Waals surface area contributed by atoms with Crippen molar-refractivity contribution in [3.05, 3.63) is 29.8 Å². The van der Waals surface area contributed by atoms with E-state index in [0.29, 0.717) is 11.8 Å². The number of benzene rings is 1. The molecule has 1 aromatic rings. The van der Waals surface area contributed by atoms with Crippen molar-refractivity contribution in [2.75, 3.05) is 13.7 Å². The van der Waals surface area contributed by atoms with E-state index in [9.17, 15) is 4.79 Å². The molecular formula is C17H23NO2. The molecule has 1 amide bonds. The van der Waals surface area contributed by atoms with Crippen molar-refractivity contribution >= 4 is 5.91 Å². The lowest BCUT2D eigenvalue weighted by molar-refractivity contribution is -0.135. The molecule has 1 aromatic carbocycles. The Hall–Kier alpha value is -1.51. The molecule has 20 heavy (non-hydrogen) atoms. The molecule has 3 nitrogen and oxygen atoms in total. The molecule has 1 aliphatic carbocycles. The zero-order chi connectivity index (χ0) is 13.9. The third kappa shape index (κ3) is 2.82. The van der Waals surface area contributed by atoms with Gasteiger partial charge in [0.2, 0.25) is 5.91 Å². The van der Waals surface area contributed by atoms with Crippen LogP contribution in [0, 0.1) is 5.92 Å². The van der Waals surface area contributed by atoms with Crippen LogP contribution in [0.5, 0.6) is 5.75 Å². The van der Waals surface area contributed by atoms with Gasteiger partial charge in [0, 0.05) is 12.5 Å².